The highest BCUT2D eigenvalue weighted by Gasteiger charge is 2.35. The first-order valence-electron chi connectivity index (χ1n) is 4.86. The maximum absolute atomic E-state index is 12.3. The molecule has 0 unspecified atom stereocenters. The summed E-state index contributed by atoms with van der Waals surface area (Å²) < 4.78 is 26.0. The molecule has 0 aliphatic heterocycles. The molecule has 0 atom stereocenters. The molecule has 5 nitrogen and oxygen atoms in total. The molecule has 1 aromatic heterocycles. The van der Waals surface area contributed by atoms with Gasteiger partial charge in [-0.15, -0.1) is 0 Å². The van der Waals surface area contributed by atoms with Crippen LogP contribution in [-0.2, 0) is 10.0 Å². The molecular formula is C9H15ClN2O3S2. The highest BCUT2D eigenvalue weighted by molar-refractivity contribution is 7.91. The summed E-state index contributed by atoms with van der Waals surface area (Å²) in [5.74, 6) is 0. The molecule has 98 valence electrons. The Morgan fingerprint density at radius 2 is 2.06 bits per heavy atom. The second-order valence-corrected chi connectivity index (χ2v) is 8.03. The van der Waals surface area contributed by atoms with Crippen molar-refractivity contribution in [3.63, 3.8) is 0 Å². The van der Waals surface area contributed by atoms with Crippen molar-refractivity contribution in [2.75, 3.05) is 13.7 Å². The van der Waals surface area contributed by atoms with E-state index in [1.807, 2.05) is 0 Å². The first-order chi connectivity index (χ1) is 7.63. The molecule has 0 spiro atoms. The minimum absolute atomic E-state index is 0.117. The molecule has 1 N–H and O–H groups in total. The molecule has 0 aliphatic rings. The van der Waals surface area contributed by atoms with Gasteiger partial charge in [0, 0.05) is 7.05 Å². The zero-order valence-electron chi connectivity index (χ0n) is 10.1. The van der Waals surface area contributed by atoms with Crippen LogP contribution in [0.5, 0.6) is 0 Å². The van der Waals surface area contributed by atoms with E-state index >= 15 is 0 Å². The molecule has 0 amide bonds. The summed E-state index contributed by atoms with van der Waals surface area (Å²) in [4.78, 5) is 3.88. The Labute approximate surface area is 110 Å². The number of aliphatic hydroxyl groups is 1. The third kappa shape index (κ3) is 2.79. The third-order valence-electron chi connectivity index (χ3n) is 2.56. The molecule has 0 saturated heterocycles. The van der Waals surface area contributed by atoms with Gasteiger partial charge in [-0.2, -0.15) is 4.31 Å². The minimum Gasteiger partial charge on any atom is -0.394 e. The van der Waals surface area contributed by atoms with Gasteiger partial charge in [-0.3, -0.25) is 0 Å². The van der Waals surface area contributed by atoms with Crippen molar-refractivity contribution in [2.45, 2.75) is 30.5 Å². The number of likely N-dealkylation sites (N-methyl/N-ethyl adjacent to an activating group) is 1. The Balaban J connectivity index is 3.25. The van der Waals surface area contributed by atoms with Gasteiger partial charge in [-0.05, 0) is 20.8 Å². The van der Waals surface area contributed by atoms with Gasteiger partial charge in [0.15, 0.2) is 8.68 Å². The van der Waals surface area contributed by atoms with Crippen LogP contribution in [0.25, 0.3) is 0 Å². The van der Waals surface area contributed by atoms with Crippen molar-refractivity contribution in [1.82, 2.24) is 9.29 Å². The van der Waals surface area contributed by atoms with Gasteiger partial charge in [0.1, 0.15) is 0 Å². The summed E-state index contributed by atoms with van der Waals surface area (Å²) in [6.07, 6.45) is 0. The molecule has 0 fully saturated rings. The molecule has 1 rings (SSSR count). The predicted octanol–water partition coefficient (Wildman–Crippen LogP) is 1.50. The van der Waals surface area contributed by atoms with E-state index < -0.39 is 15.6 Å². The summed E-state index contributed by atoms with van der Waals surface area (Å²) >= 11 is 6.62. The average molecular weight is 299 g/mol. The number of aliphatic hydroxyl groups excluding tert-OH is 1. The first-order valence-corrected chi connectivity index (χ1v) is 7.49. The van der Waals surface area contributed by atoms with Gasteiger partial charge in [0.2, 0.25) is 0 Å². The lowest BCUT2D eigenvalue weighted by Crippen LogP contribution is -2.47. The summed E-state index contributed by atoms with van der Waals surface area (Å²) in [7, 11) is -2.24. The Morgan fingerprint density at radius 1 is 1.53 bits per heavy atom. The highest BCUT2D eigenvalue weighted by Crippen LogP contribution is 2.31. The van der Waals surface area contributed by atoms with Crippen LogP contribution in [0.4, 0.5) is 0 Å². The van der Waals surface area contributed by atoms with Gasteiger partial charge in [-0.1, -0.05) is 22.9 Å². The van der Waals surface area contributed by atoms with Crippen LogP contribution in [-0.4, -0.2) is 42.0 Å². The Bertz CT molecular complexity index is 510. The normalized spacial score (nSPS) is 13.4. The Hall–Kier alpha value is -0.210. The van der Waals surface area contributed by atoms with Crippen molar-refractivity contribution < 1.29 is 13.5 Å². The minimum atomic E-state index is -3.67. The topological polar surface area (TPSA) is 70.5 Å². The molecule has 1 aromatic rings. The number of sulfonamides is 1. The van der Waals surface area contributed by atoms with Gasteiger partial charge in [-0.25, -0.2) is 13.4 Å². The van der Waals surface area contributed by atoms with Crippen molar-refractivity contribution >= 4 is 33.0 Å². The number of halogens is 1. The van der Waals surface area contributed by atoms with E-state index in [1.165, 1.54) is 7.05 Å². The van der Waals surface area contributed by atoms with E-state index in [4.69, 9.17) is 11.6 Å². The molecular weight excluding hydrogens is 284 g/mol. The van der Waals surface area contributed by atoms with E-state index in [-0.39, 0.29) is 15.3 Å². The number of rotatable bonds is 4. The van der Waals surface area contributed by atoms with Crippen LogP contribution in [0.3, 0.4) is 0 Å². The van der Waals surface area contributed by atoms with E-state index in [0.717, 1.165) is 15.6 Å². The number of nitrogens with zero attached hydrogens (tertiary/aromatic N) is 2. The molecule has 0 saturated carbocycles. The lowest BCUT2D eigenvalue weighted by atomic mass is 10.1. The monoisotopic (exact) mass is 298 g/mol. The van der Waals surface area contributed by atoms with Gasteiger partial charge < -0.3 is 5.11 Å². The number of hydrogen-bond donors (Lipinski definition) is 1. The number of hydrogen-bond acceptors (Lipinski definition) is 5. The van der Waals surface area contributed by atoms with Crippen LogP contribution in [0.2, 0.25) is 4.47 Å². The summed E-state index contributed by atoms with van der Waals surface area (Å²) in [5.41, 5.74) is -0.498. The lowest BCUT2D eigenvalue weighted by molar-refractivity contribution is 0.138. The van der Waals surface area contributed by atoms with Crippen molar-refractivity contribution in [3.05, 3.63) is 10.2 Å². The highest BCUT2D eigenvalue weighted by atomic mass is 35.5. The third-order valence-corrected chi connectivity index (χ3v) is 6.48. The van der Waals surface area contributed by atoms with Crippen LogP contribution < -0.4 is 0 Å². The number of thiazole rings is 1. The van der Waals surface area contributed by atoms with Gasteiger partial charge in [0.25, 0.3) is 10.0 Å². The van der Waals surface area contributed by atoms with E-state index in [0.29, 0.717) is 5.69 Å². The smallest absolute Gasteiger partial charge is 0.254 e. The second-order valence-electron chi connectivity index (χ2n) is 4.28. The maximum Gasteiger partial charge on any atom is 0.254 e. The summed E-state index contributed by atoms with van der Waals surface area (Å²) in [6, 6.07) is 0. The predicted molar refractivity (Wildman–Crippen MR) is 68.0 cm³/mol. The Morgan fingerprint density at radius 3 is 2.41 bits per heavy atom. The van der Waals surface area contributed by atoms with Gasteiger partial charge in [0.05, 0.1) is 17.8 Å². The van der Waals surface area contributed by atoms with E-state index in [1.54, 1.807) is 20.8 Å². The number of aryl methyl sites for hydroxylation is 1. The van der Waals surface area contributed by atoms with Crippen LogP contribution in [0, 0.1) is 6.92 Å². The Kier molecular flexibility index (Phi) is 4.20. The first kappa shape index (κ1) is 14.8. The fraction of sp³-hybridized carbons (Fsp3) is 0.667. The van der Waals surface area contributed by atoms with Crippen LogP contribution in [0.15, 0.2) is 4.21 Å². The summed E-state index contributed by atoms with van der Waals surface area (Å²) in [6.45, 7) is 4.61. The average Bonchev–Trinajstić information content (AvgIpc) is 2.57. The SMILES string of the molecule is Cc1nc(Cl)sc1S(=O)(=O)N(C)C(C)(C)CO. The molecule has 0 bridgehead atoms. The second kappa shape index (κ2) is 4.81. The van der Waals surface area contributed by atoms with Crippen LogP contribution >= 0.6 is 22.9 Å². The fourth-order valence-electron chi connectivity index (χ4n) is 1.14. The van der Waals surface area contributed by atoms with E-state index in [9.17, 15) is 13.5 Å². The standard InChI is InChI=1S/C9H15ClN2O3S2/c1-6-7(16-8(10)11-6)17(14,15)12(4)9(2,3)5-13/h13H,5H2,1-4H3. The molecule has 0 radical (unpaired) electrons. The van der Waals surface area contributed by atoms with Crippen molar-refractivity contribution in [1.29, 1.82) is 0 Å². The zero-order valence-corrected chi connectivity index (χ0v) is 12.4. The van der Waals surface area contributed by atoms with E-state index in [2.05, 4.69) is 4.98 Å². The molecule has 1 heterocycles. The van der Waals surface area contributed by atoms with Gasteiger partial charge >= 0.3 is 0 Å². The fourth-order valence-corrected chi connectivity index (χ4v) is 4.53. The summed E-state index contributed by atoms with van der Waals surface area (Å²) in [5, 5.41) is 9.20. The maximum atomic E-state index is 12.3. The van der Waals surface area contributed by atoms with Crippen molar-refractivity contribution in [3.8, 4) is 0 Å². The molecule has 0 aromatic carbocycles. The molecule has 0 aliphatic carbocycles. The number of aromatic nitrogens is 1. The lowest BCUT2D eigenvalue weighted by Gasteiger charge is -2.32. The molecule has 8 heteroatoms. The van der Waals surface area contributed by atoms with Crippen LogP contribution in [0.1, 0.15) is 19.5 Å². The quantitative estimate of drug-likeness (QED) is 0.914. The zero-order chi connectivity index (χ0) is 13.4. The largest absolute Gasteiger partial charge is 0.394 e. The molecule has 17 heavy (non-hydrogen) atoms. The van der Waals surface area contributed by atoms with Crippen molar-refractivity contribution in [2.24, 2.45) is 0 Å².